The maximum absolute atomic E-state index is 12.0. The van der Waals surface area contributed by atoms with Gasteiger partial charge in [-0.2, -0.15) is 0 Å². The standard InChI is InChI=1S/C13H17ClN2O3S/c1-9(11-3-2-4-12(14)6-11)16-7-10(5-13(16)17)8-20(15,18)19/h2-4,6,9-10H,5,7-8H2,1H3,(H2,15,18,19). The second kappa shape index (κ2) is 5.71. The topological polar surface area (TPSA) is 80.5 Å². The first-order valence-electron chi connectivity index (χ1n) is 6.31. The van der Waals surface area contributed by atoms with Crippen molar-refractivity contribution in [2.75, 3.05) is 12.3 Å². The van der Waals surface area contributed by atoms with Gasteiger partial charge in [0, 0.05) is 23.9 Å². The number of amides is 1. The second-order valence-electron chi connectivity index (χ2n) is 5.18. The maximum Gasteiger partial charge on any atom is 0.223 e. The molecule has 20 heavy (non-hydrogen) atoms. The molecule has 110 valence electrons. The van der Waals surface area contributed by atoms with E-state index in [-0.39, 0.29) is 30.0 Å². The third kappa shape index (κ3) is 3.71. The lowest BCUT2D eigenvalue weighted by Gasteiger charge is -2.25. The Morgan fingerprint density at radius 2 is 2.20 bits per heavy atom. The van der Waals surface area contributed by atoms with Crippen LogP contribution in [0.3, 0.4) is 0 Å². The maximum atomic E-state index is 12.0. The first kappa shape index (κ1) is 15.3. The van der Waals surface area contributed by atoms with Gasteiger partial charge in [-0.25, -0.2) is 13.6 Å². The molecule has 0 aromatic heterocycles. The van der Waals surface area contributed by atoms with Crippen LogP contribution in [0.25, 0.3) is 0 Å². The number of rotatable bonds is 4. The van der Waals surface area contributed by atoms with Crippen molar-refractivity contribution in [1.29, 1.82) is 0 Å². The van der Waals surface area contributed by atoms with Crippen molar-refractivity contribution >= 4 is 27.5 Å². The van der Waals surface area contributed by atoms with E-state index >= 15 is 0 Å². The van der Waals surface area contributed by atoms with Gasteiger partial charge in [-0.05, 0) is 24.6 Å². The summed E-state index contributed by atoms with van der Waals surface area (Å²) in [6.45, 7) is 2.31. The van der Waals surface area contributed by atoms with Crippen LogP contribution >= 0.6 is 11.6 Å². The average Bonchev–Trinajstić information content (AvgIpc) is 2.66. The number of primary sulfonamides is 1. The van der Waals surface area contributed by atoms with Gasteiger partial charge in [0.2, 0.25) is 15.9 Å². The molecule has 0 saturated carbocycles. The number of nitrogens with two attached hydrogens (primary N) is 1. The molecule has 1 aromatic rings. The number of halogens is 1. The molecule has 2 rings (SSSR count). The fraction of sp³-hybridized carbons (Fsp3) is 0.462. The van der Waals surface area contributed by atoms with Crippen molar-refractivity contribution in [3.63, 3.8) is 0 Å². The van der Waals surface area contributed by atoms with Crippen molar-refractivity contribution in [3.05, 3.63) is 34.9 Å². The molecule has 2 N–H and O–H groups in total. The third-order valence-corrected chi connectivity index (χ3v) is 4.68. The highest BCUT2D eigenvalue weighted by atomic mass is 35.5. The Morgan fingerprint density at radius 1 is 1.50 bits per heavy atom. The van der Waals surface area contributed by atoms with Crippen molar-refractivity contribution in [2.45, 2.75) is 19.4 Å². The first-order chi connectivity index (χ1) is 9.26. The zero-order valence-corrected chi connectivity index (χ0v) is 12.7. The highest BCUT2D eigenvalue weighted by Gasteiger charge is 2.34. The number of nitrogens with zero attached hydrogens (tertiary/aromatic N) is 1. The van der Waals surface area contributed by atoms with Crippen molar-refractivity contribution in [1.82, 2.24) is 4.90 Å². The van der Waals surface area contributed by atoms with Crippen LogP contribution in [0, 0.1) is 5.92 Å². The minimum absolute atomic E-state index is 0.0499. The van der Waals surface area contributed by atoms with E-state index in [0.29, 0.717) is 11.6 Å². The summed E-state index contributed by atoms with van der Waals surface area (Å²) in [5.41, 5.74) is 0.933. The molecule has 1 aliphatic heterocycles. The predicted octanol–water partition coefficient (Wildman–Crippen LogP) is 1.54. The molecule has 1 aromatic carbocycles. The zero-order valence-electron chi connectivity index (χ0n) is 11.1. The van der Waals surface area contributed by atoms with Crippen molar-refractivity contribution in [2.24, 2.45) is 11.1 Å². The molecule has 0 spiro atoms. The van der Waals surface area contributed by atoms with Gasteiger partial charge in [-0.1, -0.05) is 23.7 Å². The van der Waals surface area contributed by atoms with E-state index in [1.807, 2.05) is 25.1 Å². The fourth-order valence-corrected chi connectivity index (χ4v) is 3.65. The molecule has 1 fully saturated rings. The Labute approximate surface area is 123 Å². The van der Waals surface area contributed by atoms with Crippen LogP contribution < -0.4 is 5.14 Å². The lowest BCUT2D eigenvalue weighted by Crippen LogP contribution is -2.30. The molecule has 1 saturated heterocycles. The van der Waals surface area contributed by atoms with Crippen molar-refractivity contribution < 1.29 is 13.2 Å². The molecule has 1 amide bonds. The quantitative estimate of drug-likeness (QED) is 0.915. The molecule has 2 atom stereocenters. The lowest BCUT2D eigenvalue weighted by molar-refractivity contribution is -0.129. The summed E-state index contributed by atoms with van der Waals surface area (Å²) in [7, 11) is -3.55. The molecular formula is C13H17ClN2O3S. The third-order valence-electron chi connectivity index (χ3n) is 3.51. The minimum atomic E-state index is -3.55. The Kier molecular flexibility index (Phi) is 4.36. The van der Waals surface area contributed by atoms with E-state index in [4.69, 9.17) is 16.7 Å². The highest BCUT2D eigenvalue weighted by molar-refractivity contribution is 7.89. The smallest absolute Gasteiger partial charge is 0.223 e. The number of likely N-dealkylation sites (tertiary alicyclic amines) is 1. The van der Waals surface area contributed by atoms with Gasteiger partial charge in [0.05, 0.1) is 11.8 Å². The van der Waals surface area contributed by atoms with E-state index in [2.05, 4.69) is 0 Å². The van der Waals surface area contributed by atoms with Crippen LogP contribution in [0.2, 0.25) is 5.02 Å². The number of benzene rings is 1. The lowest BCUT2D eigenvalue weighted by atomic mass is 10.1. The summed E-state index contributed by atoms with van der Waals surface area (Å²) < 4.78 is 22.2. The van der Waals surface area contributed by atoms with E-state index in [0.717, 1.165) is 5.56 Å². The van der Waals surface area contributed by atoms with Gasteiger partial charge in [-0.15, -0.1) is 0 Å². The van der Waals surface area contributed by atoms with Gasteiger partial charge in [0.1, 0.15) is 0 Å². The van der Waals surface area contributed by atoms with E-state index in [1.165, 1.54) is 0 Å². The largest absolute Gasteiger partial charge is 0.336 e. The summed E-state index contributed by atoms with van der Waals surface area (Å²) in [5, 5.41) is 5.65. The number of hydrogen-bond acceptors (Lipinski definition) is 3. The number of carbonyl (C=O) groups excluding carboxylic acids is 1. The van der Waals surface area contributed by atoms with Gasteiger partial charge in [-0.3, -0.25) is 4.79 Å². The summed E-state index contributed by atoms with van der Waals surface area (Å²) in [6.07, 6.45) is 0.224. The van der Waals surface area contributed by atoms with Crippen LogP contribution in [0.5, 0.6) is 0 Å². The minimum Gasteiger partial charge on any atom is -0.336 e. The van der Waals surface area contributed by atoms with Gasteiger partial charge in [0.15, 0.2) is 0 Å². The van der Waals surface area contributed by atoms with Crippen LogP contribution in [-0.2, 0) is 14.8 Å². The highest BCUT2D eigenvalue weighted by Crippen LogP contribution is 2.29. The number of hydrogen-bond donors (Lipinski definition) is 1. The average molecular weight is 317 g/mol. The Bertz CT molecular complexity index is 618. The van der Waals surface area contributed by atoms with Crippen LogP contribution in [0.15, 0.2) is 24.3 Å². The molecule has 7 heteroatoms. The number of sulfonamides is 1. The second-order valence-corrected chi connectivity index (χ2v) is 7.27. The zero-order chi connectivity index (χ0) is 14.9. The molecule has 0 bridgehead atoms. The van der Waals surface area contributed by atoms with Crippen LogP contribution in [0.1, 0.15) is 24.9 Å². The normalized spacial score (nSPS) is 21.2. The summed E-state index contributed by atoms with van der Waals surface area (Å²) in [4.78, 5) is 13.7. The Morgan fingerprint density at radius 3 is 2.80 bits per heavy atom. The first-order valence-corrected chi connectivity index (χ1v) is 8.41. The summed E-state index contributed by atoms with van der Waals surface area (Å²) >= 11 is 5.95. The van der Waals surface area contributed by atoms with Gasteiger partial charge >= 0.3 is 0 Å². The van der Waals surface area contributed by atoms with Gasteiger partial charge < -0.3 is 4.90 Å². The Hall–Kier alpha value is -1.11. The SMILES string of the molecule is CC(c1cccc(Cl)c1)N1CC(CS(N)(=O)=O)CC1=O. The van der Waals surface area contributed by atoms with Crippen molar-refractivity contribution in [3.8, 4) is 0 Å². The van der Waals surface area contributed by atoms with E-state index in [9.17, 15) is 13.2 Å². The fourth-order valence-electron chi connectivity index (χ4n) is 2.57. The molecule has 1 aliphatic rings. The van der Waals surface area contributed by atoms with E-state index in [1.54, 1.807) is 11.0 Å². The van der Waals surface area contributed by atoms with Crippen LogP contribution in [0.4, 0.5) is 0 Å². The molecule has 5 nitrogen and oxygen atoms in total. The van der Waals surface area contributed by atoms with Crippen LogP contribution in [-0.4, -0.2) is 31.5 Å². The monoisotopic (exact) mass is 316 g/mol. The summed E-state index contributed by atoms with van der Waals surface area (Å²) in [5.74, 6) is -0.442. The predicted molar refractivity (Wildman–Crippen MR) is 77.7 cm³/mol. The summed E-state index contributed by atoms with van der Waals surface area (Å²) in [6, 6.07) is 7.18. The molecule has 1 heterocycles. The molecular weight excluding hydrogens is 300 g/mol. The van der Waals surface area contributed by atoms with E-state index < -0.39 is 10.0 Å². The molecule has 0 aliphatic carbocycles. The molecule has 0 radical (unpaired) electrons. The van der Waals surface area contributed by atoms with Gasteiger partial charge in [0.25, 0.3) is 0 Å². The number of carbonyl (C=O) groups is 1. The molecule has 2 unspecified atom stereocenters. The Balaban J connectivity index is 2.11.